The summed E-state index contributed by atoms with van der Waals surface area (Å²) in [5, 5.41) is 16.3. The van der Waals surface area contributed by atoms with Crippen molar-refractivity contribution >= 4 is 40.5 Å². The summed E-state index contributed by atoms with van der Waals surface area (Å²) in [5.41, 5.74) is 1.75. The van der Waals surface area contributed by atoms with E-state index in [9.17, 15) is 19.6 Å². The Morgan fingerprint density at radius 2 is 2.03 bits per heavy atom. The average molecular weight is 532 g/mol. The van der Waals surface area contributed by atoms with Crippen molar-refractivity contribution in [3.8, 4) is 5.75 Å². The molecule has 3 N–H and O–H groups in total. The zero-order chi connectivity index (χ0) is 27.9. The molecule has 5 rings (SSSR count). The third-order valence-corrected chi connectivity index (χ3v) is 7.81. The van der Waals surface area contributed by atoms with Gasteiger partial charge in [0.25, 0.3) is 5.91 Å². The molecule has 2 aliphatic heterocycles. The third kappa shape index (κ3) is 4.39. The van der Waals surface area contributed by atoms with Gasteiger partial charge in [0.1, 0.15) is 17.5 Å². The minimum absolute atomic E-state index is 0.101. The number of likely N-dealkylation sites (N-methyl/N-ethyl adjacent to an activating group) is 1. The molecule has 3 amide bonds. The molecule has 1 fully saturated rings. The number of rotatable bonds is 7. The number of aromatic nitrogens is 1. The summed E-state index contributed by atoms with van der Waals surface area (Å²) in [5.74, 6) is -0.115. The topological polar surface area (TPSA) is 127 Å². The van der Waals surface area contributed by atoms with Gasteiger partial charge in [0, 0.05) is 30.2 Å². The number of benzene rings is 2. The molecule has 0 aliphatic carbocycles. The molecule has 2 aromatic carbocycles. The highest BCUT2D eigenvalue weighted by Crippen LogP contribution is 2.48. The van der Waals surface area contributed by atoms with Crippen LogP contribution in [0.25, 0.3) is 10.9 Å². The molecule has 1 unspecified atom stereocenters. The van der Waals surface area contributed by atoms with E-state index >= 15 is 0 Å². The van der Waals surface area contributed by atoms with Gasteiger partial charge in [-0.2, -0.15) is 0 Å². The van der Waals surface area contributed by atoms with E-state index < -0.39 is 23.4 Å². The molecule has 3 heterocycles. The molecule has 3 aromatic rings. The Bertz CT molecular complexity index is 1460. The summed E-state index contributed by atoms with van der Waals surface area (Å²) in [4.78, 5) is 47.3. The third-order valence-electron chi connectivity index (χ3n) is 7.81. The van der Waals surface area contributed by atoms with Crippen LogP contribution in [0.2, 0.25) is 0 Å². The Balaban J connectivity index is 1.45. The van der Waals surface area contributed by atoms with Gasteiger partial charge in [-0.15, -0.1) is 0 Å². The Hall–Kier alpha value is -4.34. The fourth-order valence-corrected chi connectivity index (χ4v) is 6.01. The molecule has 0 radical (unpaired) electrons. The monoisotopic (exact) mass is 531 g/mol. The lowest BCUT2D eigenvalue weighted by atomic mass is 9.79. The van der Waals surface area contributed by atoms with Gasteiger partial charge in [0.2, 0.25) is 11.8 Å². The van der Waals surface area contributed by atoms with Crippen LogP contribution in [0.3, 0.4) is 0 Å². The average Bonchev–Trinajstić information content (AvgIpc) is 3.59. The summed E-state index contributed by atoms with van der Waals surface area (Å²) in [7, 11) is 3.30. The molecule has 10 heteroatoms. The van der Waals surface area contributed by atoms with E-state index in [4.69, 9.17) is 4.74 Å². The fourth-order valence-electron chi connectivity index (χ4n) is 6.01. The number of nitrogens with zero attached hydrogens (tertiary/aromatic N) is 3. The molecule has 3 atom stereocenters. The van der Waals surface area contributed by atoms with Gasteiger partial charge in [-0.1, -0.05) is 43.3 Å². The van der Waals surface area contributed by atoms with Crippen LogP contribution in [-0.2, 0) is 15.0 Å². The number of amides is 3. The van der Waals surface area contributed by atoms with Crippen molar-refractivity contribution in [2.24, 2.45) is 11.1 Å². The summed E-state index contributed by atoms with van der Waals surface area (Å²) in [6.45, 7) is 4.07. The molecule has 204 valence electrons. The second kappa shape index (κ2) is 10.1. The summed E-state index contributed by atoms with van der Waals surface area (Å²) in [6, 6.07) is 13.3. The lowest BCUT2D eigenvalue weighted by molar-refractivity contribution is -0.133. The number of hydrogen-bond donors (Lipinski definition) is 3. The Morgan fingerprint density at radius 3 is 2.74 bits per heavy atom. The van der Waals surface area contributed by atoms with Gasteiger partial charge >= 0.3 is 0 Å². The standard InChI is InChI=1S/C29H33N5O5/c1-17(2)12-23(32-26(35)22-13-19-21(31-22)9-7-11-25(19)39-4)27(36)34-16-29(14-18(34)15-30-38)20-8-5-6-10-24(20)33(3)28(29)37/h5-11,13,15,17-18,23,31,38H,12,14,16H2,1-4H3,(H,32,35)/b30-15+/t18-,23?,29-/m0/s1. The molecule has 1 spiro atoms. The maximum Gasteiger partial charge on any atom is 0.268 e. The maximum atomic E-state index is 14.1. The van der Waals surface area contributed by atoms with Crippen LogP contribution < -0.4 is 15.0 Å². The highest BCUT2D eigenvalue weighted by atomic mass is 16.5. The van der Waals surface area contributed by atoms with Crippen LogP contribution in [-0.4, -0.2) is 71.8 Å². The highest BCUT2D eigenvalue weighted by Gasteiger charge is 2.57. The van der Waals surface area contributed by atoms with Gasteiger partial charge in [0.15, 0.2) is 0 Å². The molecule has 0 saturated carbocycles. The Morgan fingerprint density at radius 1 is 1.26 bits per heavy atom. The van der Waals surface area contributed by atoms with E-state index in [-0.39, 0.29) is 30.7 Å². The van der Waals surface area contributed by atoms with E-state index in [1.54, 1.807) is 30.0 Å². The molecule has 0 bridgehead atoms. The van der Waals surface area contributed by atoms with Gasteiger partial charge < -0.3 is 30.0 Å². The Kier molecular flexibility index (Phi) is 6.80. The van der Waals surface area contributed by atoms with Crippen LogP contribution in [0, 0.1) is 5.92 Å². The first-order chi connectivity index (χ1) is 18.7. The number of oxime groups is 1. The lowest BCUT2D eigenvalue weighted by Crippen LogP contribution is -2.52. The molecule has 1 aromatic heterocycles. The van der Waals surface area contributed by atoms with E-state index in [1.807, 2.05) is 56.3 Å². The molecule has 2 aliphatic rings. The number of carbonyl (C=O) groups is 3. The number of methoxy groups -OCH3 is 1. The summed E-state index contributed by atoms with van der Waals surface area (Å²) in [6.07, 6.45) is 1.97. The fraction of sp³-hybridized carbons (Fsp3) is 0.379. The predicted molar refractivity (Wildman–Crippen MR) is 147 cm³/mol. The zero-order valence-corrected chi connectivity index (χ0v) is 22.5. The number of para-hydroxylation sites is 1. The SMILES string of the molecule is COc1cccc2[nH]c(C(=O)NC(CC(C)C)C(=O)N3C[C@]4(C[C@H]3/C=N/O)C(=O)N(C)c3ccccc34)cc12. The smallest absolute Gasteiger partial charge is 0.268 e. The minimum atomic E-state index is -0.951. The van der Waals surface area contributed by atoms with Crippen molar-refractivity contribution in [3.05, 3.63) is 59.8 Å². The molecular weight excluding hydrogens is 498 g/mol. The number of likely N-dealkylation sites (tertiary alicyclic amines) is 1. The van der Waals surface area contributed by atoms with E-state index in [1.165, 1.54) is 6.21 Å². The first kappa shape index (κ1) is 26.3. The molecular formula is C29H33N5O5. The Labute approximate surface area is 226 Å². The molecule has 39 heavy (non-hydrogen) atoms. The lowest BCUT2D eigenvalue weighted by Gasteiger charge is -2.29. The maximum absolute atomic E-state index is 14.1. The number of ether oxygens (including phenoxy) is 1. The van der Waals surface area contributed by atoms with Crippen LogP contribution in [0.4, 0.5) is 5.69 Å². The number of aromatic amines is 1. The normalized spacial score (nSPS) is 21.4. The number of carbonyl (C=O) groups excluding carboxylic acids is 3. The van der Waals surface area contributed by atoms with Gasteiger partial charge in [-0.05, 0) is 48.6 Å². The number of nitrogens with one attached hydrogen (secondary N) is 2. The number of hydrogen-bond acceptors (Lipinski definition) is 6. The summed E-state index contributed by atoms with van der Waals surface area (Å²) < 4.78 is 5.41. The second-order valence-corrected chi connectivity index (χ2v) is 10.7. The van der Waals surface area contributed by atoms with Crippen LogP contribution in [0.1, 0.15) is 42.7 Å². The quantitative estimate of drug-likeness (QED) is 0.245. The zero-order valence-electron chi connectivity index (χ0n) is 22.5. The van der Waals surface area contributed by atoms with Crippen molar-refractivity contribution in [3.63, 3.8) is 0 Å². The van der Waals surface area contributed by atoms with E-state index in [0.717, 1.165) is 22.2 Å². The largest absolute Gasteiger partial charge is 0.496 e. The predicted octanol–water partition coefficient (Wildman–Crippen LogP) is 3.30. The second-order valence-electron chi connectivity index (χ2n) is 10.7. The highest BCUT2D eigenvalue weighted by molar-refractivity contribution is 6.09. The number of anilines is 1. The van der Waals surface area contributed by atoms with Gasteiger partial charge in [0.05, 0.1) is 24.8 Å². The summed E-state index contributed by atoms with van der Waals surface area (Å²) >= 11 is 0. The van der Waals surface area contributed by atoms with Gasteiger partial charge in [-0.3, -0.25) is 14.4 Å². The van der Waals surface area contributed by atoms with Crippen LogP contribution >= 0.6 is 0 Å². The first-order valence-corrected chi connectivity index (χ1v) is 13.0. The van der Waals surface area contributed by atoms with Crippen LogP contribution in [0.15, 0.2) is 53.7 Å². The van der Waals surface area contributed by atoms with E-state index in [0.29, 0.717) is 17.9 Å². The van der Waals surface area contributed by atoms with Crippen molar-refractivity contribution < 1.29 is 24.3 Å². The van der Waals surface area contributed by atoms with Gasteiger partial charge in [-0.25, -0.2) is 0 Å². The van der Waals surface area contributed by atoms with Crippen molar-refractivity contribution in [2.45, 2.75) is 44.2 Å². The minimum Gasteiger partial charge on any atom is -0.496 e. The van der Waals surface area contributed by atoms with Crippen molar-refractivity contribution in [1.29, 1.82) is 0 Å². The van der Waals surface area contributed by atoms with E-state index in [2.05, 4.69) is 15.5 Å². The van der Waals surface area contributed by atoms with Crippen molar-refractivity contribution in [2.75, 3.05) is 25.6 Å². The number of H-pyrrole nitrogens is 1. The first-order valence-electron chi connectivity index (χ1n) is 13.0. The molecule has 1 saturated heterocycles. The molecule has 10 nitrogen and oxygen atoms in total. The number of fused-ring (bicyclic) bond motifs is 3. The van der Waals surface area contributed by atoms with Crippen LogP contribution in [0.5, 0.6) is 5.75 Å². The van der Waals surface area contributed by atoms with Crippen molar-refractivity contribution in [1.82, 2.24) is 15.2 Å².